The number of hydrogen-bond donors (Lipinski definition) is 2. The maximum Gasteiger partial charge on any atom is 0.191 e. The Kier molecular flexibility index (Phi) is 5.70. The second-order valence-electron chi connectivity index (χ2n) is 6.67. The maximum absolute atomic E-state index is 4.63. The van der Waals surface area contributed by atoms with Crippen LogP contribution in [0, 0.1) is 0 Å². The molecule has 2 aromatic rings. The number of anilines is 1. The molecule has 0 fully saturated rings. The Labute approximate surface area is 154 Å². The van der Waals surface area contributed by atoms with Gasteiger partial charge in [0.2, 0.25) is 0 Å². The number of aromatic nitrogens is 4. The number of rotatable bonds is 5. The van der Waals surface area contributed by atoms with Crippen molar-refractivity contribution in [3.8, 4) is 0 Å². The van der Waals surface area contributed by atoms with E-state index in [0.717, 1.165) is 54.9 Å². The number of nitrogens with zero attached hydrogens (tertiary/aromatic N) is 6. The van der Waals surface area contributed by atoms with Crippen LogP contribution in [0.4, 0.5) is 5.82 Å². The quantitative estimate of drug-likeness (QED) is 0.614. The number of guanidine groups is 1. The lowest BCUT2D eigenvalue weighted by Crippen LogP contribution is -2.46. The average molecular weight is 356 g/mol. The molecule has 2 N–H and O–H groups in total. The molecule has 0 radical (unpaired) electrons. The van der Waals surface area contributed by atoms with E-state index in [1.165, 1.54) is 0 Å². The molecule has 1 atom stereocenters. The fourth-order valence-corrected chi connectivity index (χ4v) is 3.00. The first kappa shape index (κ1) is 18.2. The number of fused-ring (bicyclic) bond motifs is 1. The Morgan fingerprint density at radius 2 is 2.19 bits per heavy atom. The minimum Gasteiger partial charge on any atom is -0.363 e. The molecule has 1 aliphatic rings. The molecule has 26 heavy (non-hydrogen) atoms. The zero-order chi connectivity index (χ0) is 18.5. The number of hydrogen-bond acceptors (Lipinski definition) is 5. The van der Waals surface area contributed by atoms with Crippen LogP contribution in [0.1, 0.15) is 30.7 Å². The van der Waals surface area contributed by atoms with Crippen molar-refractivity contribution in [1.82, 2.24) is 30.4 Å². The summed E-state index contributed by atoms with van der Waals surface area (Å²) < 4.78 is 2.02. The molecule has 0 aliphatic carbocycles. The first-order valence-electron chi connectivity index (χ1n) is 9.12. The van der Waals surface area contributed by atoms with Crippen LogP contribution in [0.25, 0.3) is 0 Å². The Bertz CT molecular complexity index is 764. The highest BCUT2D eigenvalue weighted by atomic mass is 15.4. The second kappa shape index (κ2) is 8.16. The molecule has 3 heterocycles. The standard InChI is InChI=1S/C18H28N8/c1-5-15-23-17-10-9-14(12-26(17)24-15)22-18(19-2)20-11-13-7-6-8-16(21-13)25(3)4/h6-8,14H,5,9-12H2,1-4H3,(H2,19,20,22). The molecular formula is C18H28N8. The Morgan fingerprint density at radius 3 is 2.92 bits per heavy atom. The van der Waals surface area contributed by atoms with Gasteiger partial charge in [0.25, 0.3) is 0 Å². The fraction of sp³-hybridized carbons (Fsp3) is 0.556. The van der Waals surface area contributed by atoms with Gasteiger partial charge in [-0.1, -0.05) is 13.0 Å². The van der Waals surface area contributed by atoms with E-state index in [0.29, 0.717) is 12.6 Å². The van der Waals surface area contributed by atoms with E-state index in [2.05, 4.69) is 37.6 Å². The summed E-state index contributed by atoms with van der Waals surface area (Å²) in [4.78, 5) is 15.5. The highest BCUT2D eigenvalue weighted by Crippen LogP contribution is 2.13. The summed E-state index contributed by atoms with van der Waals surface area (Å²) in [6.07, 6.45) is 2.84. The van der Waals surface area contributed by atoms with Gasteiger partial charge in [0.05, 0.1) is 18.8 Å². The van der Waals surface area contributed by atoms with E-state index in [4.69, 9.17) is 0 Å². The van der Waals surface area contributed by atoms with Crippen LogP contribution >= 0.6 is 0 Å². The predicted molar refractivity (Wildman–Crippen MR) is 103 cm³/mol. The molecule has 0 spiro atoms. The van der Waals surface area contributed by atoms with Crippen molar-refractivity contribution >= 4 is 11.8 Å². The van der Waals surface area contributed by atoms with Gasteiger partial charge < -0.3 is 15.5 Å². The zero-order valence-corrected chi connectivity index (χ0v) is 16.0. The molecule has 1 unspecified atom stereocenters. The highest BCUT2D eigenvalue weighted by molar-refractivity contribution is 5.79. The Balaban J connectivity index is 1.56. The van der Waals surface area contributed by atoms with E-state index in [1.807, 2.05) is 41.9 Å². The van der Waals surface area contributed by atoms with Crippen LogP contribution in [0.5, 0.6) is 0 Å². The van der Waals surface area contributed by atoms with Crippen molar-refractivity contribution in [2.45, 2.75) is 45.3 Å². The van der Waals surface area contributed by atoms with Crippen LogP contribution in [0.15, 0.2) is 23.2 Å². The van der Waals surface area contributed by atoms with Crippen LogP contribution < -0.4 is 15.5 Å². The van der Waals surface area contributed by atoms with Gasteiger partial charge in [-0.3, -0.25) is 4.99 Å². The molecule has 1 aliphatic heterocycles. The molecule has 8 nitrogen and oxygen atoms in total. The van der Waals surface area contributed by atoms with Crippen molar-refractivity contribution in [2.75, 3.05) is 26.0 Å². The van der Waals surface area contributed by atoms with E-state index < -0.39 is 0 Å². The Morgan fingerprint density at radius 1 is 1.35 bits per heavy atom. The average Bonchev–Trinajstić information content (AvgIpc) is 3.07. The number of aliphatic imine (C=N–C) groups is 1. The van der Waals surface area contributed by atoms with Gasteiger partial charge in [0, 0.05) is 40.0 Å². The molecule has 0 aromatic carbocycles. The van der Waals surface area contributed by atoms with Crippen LogP contribution in [0.2, 0.25) is 0 Å². The van der Waals surface area contributed by atoms with Gasteiger partial charge >= 0.3 is 0 Å². The first-order valence-corrected chi connectivity index (χ1v) is 9.12. The summed E-state index contributed by atoms with van der Waals surface area (Å²) in [7, 11) is 5.77. The lowest BCUT2D eigenvalue weighted by atomic mass is 10.1. The van der Waals surface area contributed by atoms with Crippen molar-refractivity contribution in [3.63, 3.8) is 0 Å². The summed E-state index contributed by atoms with van der Waals surface area (Å²) >= 11 is 0. The van der Waals surface area contributed by atoms with E-state index in [1.54, 1.807) is 7.05 Å². The lowest BCUT2D eigenvalue weighted by Gasteiger charge is -2.25. The summed E-state index contributed by atoms with van der Waals surface area (Å²) in [5, 5.41) is 11.4. The molecule has 0 saturated carbocycles. The van der Waals surface area contributed by atoms with Gasteiger partial charge in [-0.05, 0) is 18.6 Å². The number of aryl methyl sites for hydroxylation is 2. The summed E-state index contributed by atoms with van der Waals surface area (Å²) in [6.45, 7) is 3.53. The lowest BCUT2D eigenvalue weighted by molar-refractivity contribution is 0.392. The van der Waals surface area contributed by atoms with Crippen molar-refractivity contribution in [1.29, 1.82) is 0 Å². The molecular weight excluding hydrogens is 328 g/mol. The minimum absolute atomic E-state index is 0.293. The van der Waals surface area contributed by atoms with Crippen LogP contribution in [-0.4, -0.2) is 52.9 Å². The smallest absolute Gasteiger partial charge is 0.191 e. The summed E-state index contributed by atoms with van der Waals surface area (Å²) in [5.74, 6) is 3.75. The summed E-state index contributed by atoms with van der Waals surface area (Å²) in [6, 6.07) is 6.33. The normalized spacial score (nSPS) is 16.9. The monoisotopic (exact) mass is 356 g/mol. The van der Waals surface area contributed by atoms with Crippen molar-refractivity contribution in [2.24, 2.45) is 4.99 Å². The summed E-state index contributed by atoms with van der Waals surface area (Å²) in [5.41, 5.74) is 0.981. The first-order chi connectivity index (χ1) is 12.6. The van der Waals surface area contributed by atoms with E-state index in [9.17, 15) is 0 Å². The van der Waals surface area contributed by atoms with E-state index in [-0.39, 0.29) is 0 Å². The fourth-order valence-electron chi connectivity index (χ4n) is 3.00. The number of pyridine rings is 1. The third-order valence-electron chi connectivity index (χ3n) is 4.47. The van der Waals surface area contributed by atoms with Gasteiger partial charge in [0.1, 0.15) is 11.6 Å². The van der Waals surface area contributed by atoms with Crippen LogP contribution in [0.3, 0.4) is 0 Å². The topological polar surface area (TPSA) is 83.3 Å². The molecule has 3 rings (SSSR count). The SMILES string of the molecule is CCc1nc2n(n1)CC(NC(=NC)NCc1cccc(N(C)C)n1)CC2. The van der Waals surface area contributed by atoms with Crippen LogP contribution in [-0.2, 0) is 25.9 Å². The molecule has 8 heteroatoms. The minimum atomic E-state index is 0.293. The molecule has 0 amide bonds. The van der Waals surface area contributed by atoms with Gasteiger partial charge in [-0.2, -0.15) is 5.10 Å². The zero-order valence-electron chi connectivity index (χ0n) is 16.0. The maximum atomic E-state index is 4.63. The molecule has 0 bridgehead atoms. The predicted octanol–water partition coefficient (Wildman–Crippen LogP) is 0.982. The second-order valence-corrected chi connectivity index (χ2v) is 6.67. The Hall–Kier alpha value is -2.64. The largest absolute Gasteiger partial charge is 0.363 e. The number of nitrogens with one attached hydrogen (secondary N) is 2. The third-order valence-corrected chi connectivity index (χ3v) is 4.47. The van der Waals surface area contributed by atoms with Gasteiger partial charge in [0.15, 0.2) is 11.8 Å². The molecule has 2 aromatic heterocycles. The molecule has 0 saturated heterocycles. The molecule has 140 valence electrons. The highest BCUT2D eigenvalue weighted by Gasteiger charge is 2.22. The third kappa shape index (κ3) is 4.30. The van der Waals surface area contributed by atoms with Crippen molar-refractivity contribution < 1.29 is 0 Å². The van der Waals surface area contributed by atoms with E-state index >= 15 is 0 Å². The van der Waals surface area contributed by atoms with Gasteiger partial charge in [-0.25, -0.2) is 14.6 Å². The van der Waals surface area contributed by atoms with Gasteiger partial charge in [-0.15, -0.1) is 0 Å². The van der Waals surface area contributed by atoms with Crippen molar-refractivity contribution in [3.05, 3.63) is 35.5 Å².